The summed E-state index contributed by atoms with van der Waals surface area (Å²) in [4.78, 5) is 12.1. The Morgan fingerprint density at radius 2 is 2.33 bits per heavy atom. The van der Waals surface area contributed by atoms with Crippen LogP contribution in [-0.4, -0.2) is 29.2 Å². The Morgan fingerprint density at radius 1 is 1.50 bits per heavy atom. The highest BCUT2D eigenvalue weighted by molar-refractivity contribution is 5.67. The van der Waals surface area contributed by atoms with Crippen LogP contribution in [0.5, 0.6) is 0 Å². The number of hydrogen-bond donors (Lipinski definition) is 1. The standard InChI is InChI=1S/C9H11NO2/c11-9(12)10-5-7-3-1-2-4-8(7)6-10/h1,3H,2,4-6H2,(H,11,12). The second kappa shape index (κ2) is 2.66. The fourth-order valence-electron chi connectivity index (χ4n) is 1.73. The van der Waals surface area contributed by atoms with E-state index in [0.29, 0.717) is 13.1 Å². The van der Waals surface area contributed by atoms with Crippen LogP contribution in [-0.2, 0) is 0 Å². The van der Waals surface area contributed by atoms with Crippen LogP contribution in [0.15, 0.2) is 23.3 Å². The number of amides is 1. The van der Waals surface area contributed by atoms with Gasteiger partial charge in [-0.15, -0.1) is 0 Å². The smallest absolute Gasteiger partial charge is 0.407 e. The van der Waals surface area contributed by atoms with E-state index >= 15 is 0 Å². The van der Waals surface area contributed by atoms with Crippen LogP contribution in [0.4, 0.5) is 4.79 Å². The summed E-state index contributed by atoms with van der Waals surface area (Å²) in [7, 11) is 0. The molecule has 0 saturated heterocycles. The minimum absolute atomic E-state index is 0.584. The minimum atomic E-state index is -0.808. The highest BCUT2D eigenvalue weighted by atomic mass is 16.4. The molecule has 0 unspecified atom stereocenters. The molecule has 1 amide bonds. The van der Waals surface area contributed by atoms with Crippen molar-refractivity contribution in [2.24, 2.45) is 0 Å². The van der Waals surface area contributed by atoms with Crippen molar-refractivity contribution in [2.45, 2.75) is 12.8 Å². The van der Waals surface area contributed by atoms with E-state index in [2.05, 4.69) is 12.2 Å². The Balaban J connectivity index is 2.12. The van der Waals surface area contributed by atoms with E-state index in [0.717, 1.165) is 12.8 Å². The molecule has 1 aliphatic heterocycles. The van der Waals surface area contributed by atoms with Gasteiger partial charge in [-0.25, -0.2) is 4.79 Å². The first-order valence-electron chi connectivity index (χ1n) is 4.12. The molecule has 2 rings (SSSR count). The van der Waals surface area contributed by atoms with E-state index in [9.17, 15) is 4.79 Å². The molecule has 1 N–H and O–H groups in total. The molecule has 2 aliphatic rings. The second-order valence-corrected chi connectivity index (χ2v) is 3.21. The zero-order valence-corrected chi connectivity index (χ0v) is 6.79. The van der Waals surface area contributed by atoms with Gasteiger partial charge in [0, 0.05) is 13.1 Å². The van der Waals surface area contributed by atoms with E-state index in [1.807, 2.05) is 0 Å². The summed E-state index contributed by atoms with van der Waals surface area (Å²) >= 11 is 0. The largest absolute Gasteiger partial charge is 0.465 e. The third kappa shape index (κ3) is 1.11. The predicted molar refractivity (Wildman–Crippen MR) is 45.0 cm³/mol. The van der Waals surface area contributed by atoms with Crippen LogP contribution < -0.4 is 0 Å². The number of carbonyl (C=O) groups is 1. The lowest BCUT2D eigenvalue weighted by atomic mass is 10.0. The van der Waals surface area contributed by atoms with Crippen LogP contribution in [0.2, 0.25) is 0 Å². The molecule has 0 atom stereocenters. The van der Waals surface area contributed by atoms with Gasteiger partial charge in [0.05, 0.1) is 0 Å². The van der Waals surface area contributed by atoms with Crippen molar-refractivity contribution < 1.29 is 9.90 Å². The quantitative estimate of drug-likeness (QED) is 0.592. The molecule has 1 aliphatic carbocycles. The first-order valence-corrected chi connectivity index (χ1v) is 4.12. The molecule has 3 heteroatoms. The van der Waals surface area contributed by atoms with Gasteiger partial charge in [0.15, 0.2) is 0 Å². The Hall–Kier alpha value is -1.25. The molecule has 0 saturated carbocycles. The molecule has 0 fully saturated rings. The minimum Gasteiger partial charge on any atom is -0.465 e. The topological polar surface area (TPSA) is 40.5 Å². The van der Waals surface area contributed by atoms with E-state index in [-0.39, 0.29) is 0 Å². The van der Waals surface area contributed by atoms with Gasteiger partial charge in [-0.3, -0.25) is 0 Å². The maximum Gasteiger partial charge on any atom is 0.407 e. The molecule has 0 aromatic rings. The Bertz CT molecular complexity index is 278. The van der Waals surface area contributed by atoms with Gasteiger partial charge in [0.1, 0.15) is 0 Å². The summed E-state index contributed by atoms with van der Waals surface area (Å²) in [5.41, 5.74) is 2.52. The Morgan fingerprint density at radius 3 is 3.00 bits per heavy atom. The SMILES string of the molecule is O=C(O)N1CC2=C(CCC=C2)C1. The third-order valence-corrected chi connectivity index (χ3v) is 2.40. The number of hydrogen-bond acceptors (Lipinski definition) is 1. The van der Waals surface area contributed by atoms with Crippen molar-refractivity contribution in [3.8, 4) is 0 Å². The van der Waals surface area contributed by atoms with Crippen LogP contribution in [0.1, 0.15) is 12.8 Å². The monoisotopic (exact) mass is 165 g/mol. The first-order chi connectivity index (χ1) is 5.77. The molecule has 3 nitrogen and oxygen atoms in total. The number of carboxylic acid groups (broad SMARTS) is 1. The van der Waals surface area contributed by atoms with E-state index in [1.54, 1.807) is 0 Å². The van der Waals surface area contributed by atoms with E-state index in [1.165, 1.54) is 16.0 Å². The van der Waals surface area contributed by atoms with E-state index < -0.39 is 6.09 Å². The van der Waals surface area contributed by atoms with Gasteiger partial charge < -0.3 is 10.0 Å². The number of nitrogens with zero attached hydrogens (tertiary/aromatic N) is 1. The second-order valence-electron chi connectivity index (χ2n) is 3.21. The zero-order chi connectivity index (χ0) is 8.55. The maximum atomic E-state index is 10.6. The van der Waals surface area contributed by atoms with Gasteiger partial charge in [0.2, 0.25) is 0 Å². The van der Waals surface area contributed by atoms with E-state index in [4.69, 9.17) is 5.11 Å². The van der Waals surface area contributed by atoms with Gasteiger partial charge >= 0.3 is 6.09 Å². The zero-order valence-electron chi connectivity index (χ0n) is 6.79. The number of rotatable bonds is 0. The molecule has 12 heavy (non-hydrogen) atoms. The van der Waals surface area contributed by atoms with Gasteiger partial charge in [-0.05, 0) is 24.0 Å². The molecule has 0 bridgehead atoms. The summed E-state index contributed by atoms with van der Waals surface area (Å²) in [6.45, 7) is 1.20. The summed E-state index contributed by atoms with van der Waals surface area (Å²) < 4.78 is 0. The summed E-state index contributed by atoms with van der Waals surface area (Å²) in [5, 5.41) is 8.74. The molecular weight excluding hydrogens is 154 g/mol. The van der Waals surface area contributed by atoms with Crippen molar-refractivity contribution in [3.63, 3.8) is 0 Å². The number of allylic oxidation sites excluding steroid dienone is 1. The maximum absolute atomic E-state index is 10.6. The van der Waals surface area contributed by atoms with Gasteiger partial charge in [-0.1, -0.05) is 12.2 Å². The molecule has 0 radical (unpaired) electrons. The summed E-state index contributed by atoms with van der Waals surface area (Å²) in [6.07, 6.45) is 5.46. The van der Waals surface area contributed by atoms with Crippen molar-refractivity contribution in [1.82, 2.24) is 4.90 Å². The van der Waals surface area contributed by atoms with Crippen LogP contribution >= 0.6 is 0 Å². The van der Waals surface area contributed by atoms with Crippen molar-refractivity contribution in [3.05, 3.63) is 23.3 Å². The first kappa shape index (κ1) is 7.40. The van der Waals surface area contributed by atoms with Crippen molar-refractivity contribution >= 4 is 6.09 Å². The average Bonchev–Trinajstić information content (AvgIpc) is 2.46. The molecule has 0 aromatic carbocycles. The fourth-order valence-corrected chi connectivity index (χ4v) is 1.73. The summed E-state index contributed by atoms with van der Waals surface area (Å²) in [6, 6.07) is 0. The lowest BCUT2D eigenvalue weighted by Crippen LogP contribution is -2.27. The molecule has 64 valence electrons. The van der Waals surface area contributed by atoms with Crippen molar-refractivity contribution in [2.75, 3.05) is 13.1 Å². The average molecular weight is 165 g/mol. The molecular formula is C9H11NO2. The molecule has 0 aromatic heterocycles. The molecule has 0 spiro atoms. The van der Waals surface area contributed by atoms with Crippen molar-refractivity contribution in [1.29, 1.82) is 0 Å². The van der Waals surface area contributed by atoms with Crippen LogP contribution in [0.3, 0.4) is 0 Å². The summed E-state index contributed by atoms with van der Waals surface area (Å²) in [5.74, 6) is 0. The highest BCUT2D eigenvalue weighted by Gasteiger charge is 2.24. The van der Waals surface area contributed by atoms with Crippen LogP contribution in [0.25, 0.3) is 0 Å². The predicted octanol–water partition coefficient (Wildman–Crippen LogP) is 1.63. The highest BCUT2D eigenvalue weighted by Crippen LogP contribution is 2.26. The Kier molecular flexibility index (Phi) is 1.64. The Labute approximate surface area is 71.0 Å². The fraction of sp³-hybridized carbons (Fsp3) is 0.444. The molecule has 1 heterocycles. The van der Waals surface area contributed by atoms with Gasteiger partial charge in [-0.2, -0.15) is 0 Å². The van der Waals surface area contributed by atoms with Gasteiger partial charge in [0.25, 0.3) is 0 Å². The van der Waals surface area contributed by atoms with Crippen LogP contribution in [0, 0.1) is 0 Å². The lowest BCUT2D eigenvalue weighted by molar-refractivity contribution is 0.156. The normalized spacial score (nSPS) is 21.5. The lowest BCUT2D eigenvalue weighted by Gasteiger charge is -2.10. The third-order valence-electron chi connectivity index (χ3n) is 2.40.